The molecule has 0 amide bonds. The van der Waals surface area contributed by atoms with Gasteiger partial charge in [0.15, 0.2) is 5.78 Å². The Bertz CT molecular complexity index is 4940. The smallest absolute Gasteiger partial charge is 0.311 e. The third-order valence-electron chi connectivity index (χ3n) is 15.8. The fourth-order valence-corrected chi connectivity index (χ4v) is 13.8. The molecule has 3 aliphatic rings. The van der Waals surface area contributed by atoms with Crippen molar-refractivity contribution < 1.29 is 131 Å². The molecule has 7 N–H and O–H groups in total. The second-order valence-corrected chi connectivity index (χ2v) is 40.4. The predicted octanol–water partition coefficient (Wildman–Crippen LogP) is 9.11. The second-order valence-electron chi connectivity index (χ2n) is 25.5. The molecule has 746 valence electrons. The van der Waals surface area contributed by atoms with Crippen LogP contribution in [-0.2, 0) is 142 Å². The van der Waals surface area contributed by atoms with Gasteiger partial charge in [-0.05, 0) is 62.9 Å². The normalized spacial score (nSPS) is 13.6. The van der Waals surface area contributed by atoms with Crippen LogP contribution in [0.1, 0.15) is 202 Å². The number of sulfonamides is 6. The number of quaternary nitrogens is 1. The van der Waals surface area contributed by atoms with Gasteiger partial charge in [-0.2, -0.15) is 17.2 Å². The third kappa shape index (κ3) is 71.7. The number of Topliss-reactive ketones (excluding diaryl/α,β-unsaturated/α-hetero) is 1. The number of carboxylic acids is 1. The molecule has 0 aliphatic carbocycles. The Kier molecular flexibility index (Phi) is 83.1. The van der Waals surface area contributed by atoms with Crippen molar-refractivity contribution in [3.8, 4) is 0 Å². The van der Waals surface area contributed by atoms with E-state index in [4.69, 9.17) is 15.7 Å². The van der Waals surface area contributed by atoms with Crippen molar-refractivity contribution in [3.63, 3.8) is 0 Å². The first kappa shape index (κ1) is 137. The maximum Gasteiger partial charge on any atom is 0.311 e. The maximum atomic E-state index is 11.8. The molecule has 0 aromatic heterocycles. The summed E-state index contributed by atoms with van der Waals surface area (Å²) in [5.41, 5.74) is 19.9. The quantitative estimate of drug-likeness (QED) is 0.0112. The summed E-state index contributed by atoms with van der Waals surface area (Å²) in [7, 11) is -12.5. The molecule has 0 saturated carbocycles. The monoisotopic (exact) mass is 2010 g/mol. The van der Waals surface area contributed by atoms with Gasteiger partial charge in [0.05, 0.1) is 110 Å². The van der Waals surface area contributed by atoms with Crippen molar-refractivity contribution in [2.75, 3.05) is 111 Å². The Morgan fingerprint density at radius 2 is 0.854 bits per heavy atom. The lowest BCUT2D eigenvalue weighted by Crippen LogP contribution is -3.00. The number of carbonyl (C=O) groups excluding carboxylic acids is 4. The summed E-state index contributed by atoms with van der Waals surface area (Å²) in [6.07, 6.45) is 9.27. The van der Waals surface area contributed by atoms with Crippen LogP contribution < -0.4 is 22.9 Å². The number of ether oxygens (including phenoxy) is 3. The Balaban J connectivity index is -0.000000213. The summed E-state index contributed by atoms with van der Waals surface area (Å²) in [4.78, 5) is 55.6. The van der Waals surface area contributed by atoms with E-state index in [1.165, 1.54) is 67.9 Å². The number of nitrogens with zero attached hydrogens (tertiary/aromatic N) is 8. The molecular weight excluding hydrogens is 1870 g/mol. The molecule has 6 aromatic rings. The van der Waals surface area contributed by atoms with Gasteiger partial charge in [-0.1, -0.05) is 259 Å². The average Bonchev–Trinajstić information content (AvgIpc) is 1.71. The lowest BCUT2D eigenvalue weighted by Gasteiger charge is -2.19. The highest BCUT2D eigenvalue weighted by atomic mass is 35.7. The number of azide groups is 1. The number of halogens is 2. The van der Waals surface area contributed by atoms with Gasteiger partial charge in [-0.3, -0.25) is 24.0 Å². The van der Waals surface area contributed by atoms with Gasteiger partial charge >= 0.3 is 23.9 Å². The van der Waals surface area contributed by atoms with Crippen LogP contribution in [0.15, 0.2) is 169 Å². The molecule has 3 aliphatic heterocycles. The number of hydrogen-bond donors (Lipinski definition) is 5. The fourth-order valence-electron chi connectivity index (χ4n) is 9.68. The topological polar surface area (TPSA) is 517 Å². The van der Waals surface area contributed by atoms with Gasteiger partial charge in [0.1, 0.15) is 0 Å². The number of rotatable bonds is 21. The number of hydrogen-bond acceptors (Lipinski definition) is 25. The van der Waals surface area contributed by atoms with E-state index in [1.54, 1.807) is 32.2 Å². The molecule has 6 aromatic carbocycles. The zero-order valence-electron chi connectivity index (χ0n) is 79.9. The number of esters is 3. The minimum absolute atomic E-state index is 0. The molecule has 2 unspecified atom stereocenters. The van der Waals surface area contributed by atoms with E-state index in [-0.39, 0.29) is 88.7 Å². The van der Waals surface area contributed by atoms with Crippen LogP contribution in [0.4, 0.5) is 0 Å². The number of aliphatic hydroxyl groups excluding tert-OH is 2. The number of ketones is 1. The molecule has 0 spiro atoms. The van der Waals surface area contributed by atoms with Gasteiger partial charge < -0.3 is 47.7 Å². The Morgan fingerprint density at radius 3 is 1.21 bits per heavy atom. The van der Waals surface area contributed by atoms with Gasteiger partial charge in [0.25, 0.3) is 0 Å². The van der Waals surface area contributed by atoms with Crippen LogP contribution in [0.3, 0.4) is 0 Å². The first-order valence-electron chi connectivity index (χ1n) is 41.4. The lowest BCUT2D eigenvalue weighted by atomic mass is 10.0. The summed E-state index contributed by atoms with van der Waals surface area (Å²) in [6, 6.07) is 50.1. The van der Waals surface area contributed by atoms with E-state index < -0.39 is 93.2 Å². The molecule has 130 heavy (non-hydrogen) atoms. The first-order chi connectivity index (χ1) is 60.4. The third-order valence-corrected chi connectivity index (χ3v) is 22.8. The number of methoxy groups -OCH3 is 3. The van der Waals surface area contributed by atoms with Crippen LogP contribution in [0, 0.1) is 0 Å². The first-order valence-corrected chi connectivity index (χ1v) is 55.2. The minimum Gasteiger partial charge on any atom is -1.00 e. The summed E-state index contributed by atoms with van der Waals surface area (Å²) in [6.45, 7) is 29.3. The number of carboxylic acid groups (broad SMARTS) is 1. The Morgan fingerprint density at radius 1 is 0.515 bits per heavy atom. The number of nitrogens with one attached hydrogen (secondary N) is 1. The van der Waals surface area contributed by atoms with Crippen molar-refractivity contribution in [2.24, 2.45) is 5.11 Å². The summed E-state index contributed by atoms with van der Waals surface area (Å²) < 4.78 is 176. The van der Waals surface area contributed by atoms with Crippen LogP contribution in [0.5, 0.6) is 0 Å². The zero-order valence-corrected chi connectivity index (χ0v) is 87.1. The molecule has 9 rings (SSSR count). The van der Waals surface area contributed by atoms with E-state index >= 15 is 0 Å². The summed E-state index contributed by atoms with van der Waals surface area (Å²) in [5, 5.41) is 29.9. The molecule has 0 fully saturated rings. The predicted molar refractivity (Wildman–Crippen MR) is 514 cm³/mol. The molecule has 3 heterocycles. The summed E-state index contributed by atoms with van der Waals surface area (Å²) in [5.74, 6) is -1.76. The van der Waals surface area contributed by atoms with Crippen LogP contribution in [-0.4, -0.2) is 237 Å². The summed E-state index contributed by atoms with van der Waals surface area (Å²) >= 11 is 0. The SMILES string of the molecule is CC.CC.CC.CC.CC.CC.CCC(=O)O.CN(Cc1ccccc1)S(C)(=O)=O.COC(=O)CCN(Cc1ccccc1)S(C)(=O)=O.COC(=O)CCNS(C)(=O)=O.COC(=O)CC[NH3+].CS(=O)(=O)Cl.CS(=O)(=O)N1CCC(=O)c2ccccc2C1.CS(=O)(=O)N1CCC(N=[N+]=[N-])c2ccccc2C1.CS(=O)(=O)N1CCC(O)c2ccccc2C1.OCc1ccccc1.[Cl-]. The van der Waals surface area contributed by atoms with Crippen LogP contribution in [0.25, 0.3) is 10.4 Å². The van der Waals surface area contributed by atoms with E-state index in [2.05, 4.69) is 45.4 Å². The number of aliphatic hydroxyl groups is 2. The van der Waals surface area contributed by atoms with Crippen molar-refractivity contribution in [3.05, 3.63) is 224 Å². The standard InChI is InChI=1S/C12H17NO4S.C11H14N4O2S.C11H15NO3S.C11H13NO3S.C9H13NO2S.C7H8O.C5H11NO4S.C4H9NO2.C3H6O2.6C2H6.CH3ClO2S.ClH/c1-17-12(14)8-9-13(18(2,15)16)10-11-6-4-3-5-7-11;1-18(16,17)15-7-6-11(13-14-12)10-5-3-2-4-9(10)8-15;2*1-16(14,15)12-7-6-11(13)10-5-3-2-4-9(10)8-12;1-10(13(2,11)12)8-9-6-4-3-5-7-9;8-6-7-4-2-1-3-5-7;1-10-5(7)3-4-6-11(2,8)9;1-7-4(6)2-3-5;1-2-3(4)5;6*1-2;1-5(2,3)4;/h3-7H,8-10H2,1-2H3;2-5,11H,6-8H2,1H3;2-5,11,13H,6-8H2,1H3;2-5H,6-8H2,1H3;3-7H,8H2,1-2H3;1-5,8H,6H2;6H,3-4H2,1-2H3;2-3,5H2,1H3;2H2,1H3,(H,4,5);6*1-2H3;1H3;1H. The van der Waals surface area contributed by atoms with Crippen molar-refractivity contribution in [1.82, 2.24) is 26.2 Å². The van der Waals surface area contributed by atoms with Gasteiger partial charge in [-0.15, -0.1) is 0 Å². The molecule has 0 bridgehead atoms. The van der Waals surface area contributed by atoms with Crippen molar-refractivity contribution >= 4 is 110 Å². The Labute approximate surface area is 788 Å². The minimum atomic E-state index is -3.34. The number of benzene rings is 6. The highest BCUT2D eigenvalue weighted by Gasteiger charge is 2.29. The Hall–Kier alpha value is -7.95. The molecule has 0 saturated heterocycles. The van der Waals surface area contributed by atoms with Gasteiger partial charge in [-0.25, -0.2) is 68.0 Å². The van der Waals surface area contributed by atoms with Crippen molar-refractivity contribution in [1.29, 1.82) is 0 Å². The highest BCUT2D eigenvalue weighted by molar-refractivity contribution is 8.13. The van der Waals surface area contributed by atoms with Crippen molar-refractivity contribution in [2.45, 2.75) is 186 Å². The van der Waals surface area contributed by atoms with E-state index in [1.807, 2.05) is 229 Å². The van der Waals surface area contributed by atoms with Gasteiger partial charge in [0, 0.05) is 106 Å². The second kappa shape index (κ2) is 78.5. The molecule has 2 atom stereocenters. The van der Waals surface area contributed by atoms with E-state index in [0.29, 0.717) is 70.6 Å². The number of aliphatic carboxylic acids is 1. The largest absolute Gasteiger partial charge is 1.00 e. The average molecular weight is 2020 g/mol. The molecule has 44 heteroatoms. The van der Waals surface area contributed by atoms with Gasteiger partial charge in [0.2, 0.25) is 69.2 Å². The van der Waals surface area contributed by atoms with E-state index in [9.17, 15) is 88.0 Å². The number of fused-ring (bicyclic) bond motifs is 3. The molecule has 35 nitrogen and oxygen atoms in total. The van der Waals surface area contributed by atoms with Crippen LogP contribution in [0.2, 0.25) is 0 Å². The maximum absolute atomic E-state index is 11.8. The molecular formula is C86H146Cl2N10O25S7. The van der Waals surface area contributed by atoms with E-state index in [0.717, 1.165) is 63.3 Å². The lowest BCUT2D eigenvalue weighted by molar-refractivity contribution is -0.366. The number of carbonyl (C=O) groups is 5. The fraction of sp³-hybridized carbons (Fsp3) is 0.523. The van der Waals surface area contributed by atoms with Crippen LogP contribution >= 0.6 is 10.7 Å². The zero-order chi connectivity index (χ0) is 101. The molecule has 0 radical (unpaired) electrons. The highest BCUT2D eigenvalue weighted by Crippen LogP contribution is 2.31.